The Morgan fingerprint density at radius 3 is 2.60 bits per heavy atom. The van der Waals surface area contributed by atoms with E-state index in [1.807, 2.05) is 23.1 Å². The third-order valence-corrected chi connectivity index (χ3v) is 4.62. The highest BCUT2D eigenvalue weighted by Crippen LogP contribution is 2.31. The number of amides is 1. The van der Waals surface area contributed by atoms with Crippen LogP contribution in [-0.4, -0.2) is 37.0 Å². The van der Waals surface area contributed by atoms with Crippen molar-refractivity contribution in [2.75, 3.05) is 31.5 Å². The maximum atomic E-state index is 13.6. The van der Waals surface area contributed by atoms with E-state index >= 15 is 0 Å². The molecule has 3 N–H and O–H groups in total. The number of hydrogen-bond donors (Lipinski definition) is 2. The van der Waals surface area contributed by atoms with Crippen LogP contribution in [0.3, 0.4) is 0 Å². The topological polar surface area (TPSA) is 58.4 Å². The van der Waals surface area contributed by atoms with Crippen molar-refractivity contribution in [2.45, 2.75) is 5.92 Å². The molecule has 1 saturated heterocycles. The number of rotatable bonds is 5. The van der Waals surface area contributed by atoms with Gasteiger partial charge in [-0.2, -0.15) is 0 Å². The molecule has 1 fully saturated rings. The highest BCUT2D eigenvalue weighted by atomic mass is 19.1. The Morgan fingerprint density at radius 1 is 1.16 bits per heavy atom. The lowest BCUT2D eigenvalue weighted by atomic mass is 9.89. The van der Waals surface area contributed by atoms with Gasteiger partial charge in [-0.3, -0.25) is 9.69 Å². The molecule has 4 nitrogen and oxygen atoms in total. The van der Waals surface area contributed by atoms with Gasteiger partial charge in [0.1, 0.15) is 11.6 Å². The third-order valence-electron chi connectivity index (χ3n) is 4.62. The van der Waals surface area contributed by atoms with Crippen LogP contribution in [0.15, 0.2) is 48.5 Å². The van der Waals surface area contributed by atoms with Gasteiger partial charge in [0.2, 0.25) is 5.91 Å². The van der Waals surface area contributed by atoms with Crippen molar-refractivity contribution in [3.05, 3.63) is 65.7 Å². The van der Waals surface area contributed by atoms with E-state index in [-0.39, 0.29) is 30.0 Å². The first kappa shape index (κ1) is 17.5. The molecule has 0 spiro atoms. The molecular weight excluding hydrogens is 324 g/mol. The zero-order chi connectivity index (χ0) is 17.8. The molecule has 0 bridgehead atoms. The normalized spacial score (nSPS) is 20.6. The molecule has 0 radical (unpaired) electrons. The van der Waals surface area contributed by atoms with Crippen LogP contribution < -0.4 is 11.1 Å². The van der Waals surface area contributed by atoms with Gasteiger partial charge in [0.05, 0.1) is 12.2 Å². The fraction of sp³-hybridized carbons (Fsp3) is 0.316. The summed E-state index contributed by atoms with van der Waals surface area (Å²) < 4.78 is 26.6. The van der Waals surface area contributed by atoms with Gasteiger partial charge in [-0.25, -0.2) is 8.78 Å². The molecule has 1 amide bonds. The van der Waals surface area contributed by atoms with Crippen LogP contribution in [0.25, 0.3) is 0 Å². The zero-order valence-corrected chi connectivity index (χ0v) is 13.8. The van der Waals surface area contributed by atoms with Gasteiger partial charge in [0.25, 0.3) is 0 Å². The molecule has 1 aliphatic heterocycles. The number of carbonyl (C=O) groups is 1. The Bertz CT molecular complexity index is 739. The molecule has 3 rings (SSSR count). The van der Waals surface area contributed by atoms with Gasteiger partial charge in [-0.05, 0) is 30.2 Å². The van der Waals surface area contributed by atoms with E-state index in [0.717, 1.165) is 25.2 Å². The molecule has 25 heavy (non-hydrogen) atoms. The monoisotopic (exact) mass is 345 g/mol. The fourth-order valence-electron chi connectivity index (χ4n) is 3.39. The second-order valence-electron chi connectivity index (χ2n) is 6.38. The van der Waals surface area contributed by atoms with Crippen molar-refractivity contribution >= 4 is 11.6 Å². The summed E-state index contributed by atoms with van der Waals surface area (Å²) in [5.74, 6) is -1.22. The molecule has 0 saturated carbocycles. The lowest BCUT2D eigenvalue weighted by Crippen LogP contribution is -2.32. The van der Waals surface area contributed by atoms with E-state index in [4.69, 9.17) is 5.73 Å². The molecule has 2 atom stereocenters. The summed E-state index contributed by atoms with van der Waals surface area (Å²) in [6, 6.07) is 13.2. The van der Waals surface area contributed by atoms with Gasteiger partial charge in [0.15, 0.2) is 0 Å². The smallest absolute Gasteiger partial charge is 0.238 e. The number of likely N-dealkylation sites (tertiary alicyclic amines) is 1. The first-order valence-corrected chi connectivity index (χ1v) is 8.29. The van der Waals surface area contributed by atoms with Gasteiger partial charge in [-0.15, -0.1) is 0 Å². The maximum Gasteiger partial charge on any atom is 0.238 e. The van der Waals surface area contributed by atoms with Crippen molar-refractivity contribution in [3.8, 4) is 0 Å². The van der Waals surface area contributed by atoms with Crippen LogP contribution in [0.1, 0.15) is 11.5 Å². The van der Waals surface area contributed by atoms with Crippen molar-refractivity contribution < 1.29 is 13.6 Å². The van der Waals surface area contributed by atoms with Crippen molar-refractivity contribution in [2.24, 2.45) is 11.7 Å². The van der Waals surface area contributed by atoms with E-state index in [1.165, 1.54) is 11.6 Å². The second kappa shape index (κ2) is 7.72. The van der Waals surface area contributed by atoms with Crippen molar-refractivity contribution in [1.82, 2.24) is 4.90 Å². The number of nitrogens with one attached hydrogen (secondary N) is 1. The molecule has 0 aromatic heterocycles. The molecule has 1 heterocycles. The largest absolute Gasteiger partial charge is 0.330 e. The summed E-state index contributed by atoms with van der Waals surface area (Å²) in [6.45, 7) is 2.14. The number of anilines is 1. The first-order chi connectivity index (χ1) is 12.1. The number of carbonyl (C=O) groups excluding carboxylic acids is 1. The Hall–Kier alpha value is -2.31. The molecule has 132 valence electrons. The predicted octanol–water partition coefficient (Wildman–Crippen LogP) is 2.58. The Labute approximate surface area is 145 Å². The highest BCUT2D eigenvalue weighted by molar-refractivity contribution is 5.92. The molecule has 6 heteroatoms. The molecule has 2 aromatic carbocycles. The minimum absolute atomic E-state index is 0.0134. The van der Waals surface area contributed by atoms with Crippen molar-refractivity contribution in [1.29, 1.82) is 0 Å². The number of halogens is 2. The molecule has 0 aliphatic carbocycles. The predicted molar refractivity (Wildman–Crippen MR) is 93.2 cm³/mol. The van der Waals surface area contributed by atoms with Gasteiger partial charge < -0.3 is 11.1 Å². The minimum atomic E-state index is -0.781. The zero-order valence-electron chi connectivity index (χ0n) is 13.8. The number of hydrogen-bond acceptors (Lipinski definition) is 3. The number of benzene rings is 2. The standard InChI is InChI=1S/C19H21F2N3O/c20-15-6-7-18(17(21)8-15)23-19(25)12-24-10-14(9-22)16(11-24)13-4-2-1-3-5-13/h1-8,14,16H,9-12,22H2,(H,23,25)/t14-,16+/m1/s1. The lowest BCUT2D eigenvalue weighted by Gasteiger charge is -2.16. The molecule has 2 aromatic rings. The SMILES string of the molecule is NC[C@@H]1CN(CC(=O)Nc2ccc(F)cc2F)C[C@H]1c1ccccc1. The van der Waals surface area contributed by atoms with Crippen LogP contribution in [0.5, 0.6) is 0 Å². The Kier molecular flexibility index (Phi) is 5.40. The summed E-state index contributed by atoms with van der Waals surface area (Å²) >= 11 is 0. The average molecular weight is 345 g/mol. The summed E-state index contributed by atoms with van der Waals surface area (Å²) in [5.41, 5.74) is 7.10. The maximum absolute atomic E-state index is 13.6. The lowest BCUT2D eigenvalue weighted by molar-refractivity contribution is -0.117. The average Bonchev–Trinajstić information content (AvgIpc) is 3.01. The van der Waals surface area contributed by atoms with Gasteiger partial charge in [0, 0.05) is 25.1 Å². The fourth-order valence-corrected chi connectivity index (χ4v) is 3.39. The van der Waals surface area contributed by atoms with Crippen molar-refractivity contribution in [3.63, 3.8) is 0 Å². The van der Waals surface area contributed by atoms with E-state index in [1.54, 1.807) is 0 Å². The Morgan fingerprint density at radius 2 is 1.92 bits per heavy atom. The van der Waals surface area contributed by atoms with Crippen LogP contribution >= 0.6 is 0 Å². The molecule has 0 unspecified atom stereocenters. The van der Waals surface area contributed by atoms with E-state index in [9.17, 15) is 13.6 Å². The van der Waals surface area contributed by atoms with Crippen LogP contribution in [0.2, 0.25) is 0 Å². The first-order valence-electron chi connectivity index (χ1n) is 8.29. The summed E-state index contributed by atoms with van der Waals surface area (Å²) in [4.78, 5) is 14.2. The minimum Gasteiger partial charge on any atom is -0.330 e. The van der Waals surface area contributed by atoms with Crippen LogP contribution in [0.4, 0.5) is 14.5 Å². The summed E-state index contributed by atoms with van der Waals surface area (Å²) in [7, 11) is 0. The van der Waals surface area contributed by atoms with Crippen LogP contribution in [-0.2, 0) is 4.79 Å². The second-order valence-corrected chi connectivity index (χ2v) is 6.38. The third kappa shape index (κ3) is 4.21. The van der Waals surface area contributed by atoms with Gasteiger partial charge in [-0.1, -0.05) is 30.3 Å². The van der Waals surface area contributed by atoms with E-state index in [2.05, 4.69) is 17.4 Å². The van der Waals surface area contributed by atoms with E-state index in [0.29, 0.717) is 6.54 Å². The highest BCUT2D eigenvalue weighted by Gasteiger charge is 2.33. The Balaban J connectivity index is 1.62. The van der Waals surface area contributed by atoms with Crippen LogP contribution in [0, 0.1) is 17.6 Å². The van der Waals surface area contributed by atoms with E-state index < -0.39 is 11.6 Å². The summed E-state index contributed by atoms with van der Waals surface area (Å²) in [5, 5.41) is 2.50. The number of nitrogens with zero attached hydrogens (tertiary/aromatic N) is 1. The summed E-state index contributed by atoms with van der Waals surface area (Å²) in [6.07, 6.45) is 0. The molecular formula is C19H21F2N3O. The van der Waals surface area contributed by atoms with Gasteiger partial charge >= 0.3 is 0 Å². The molecule has 1 aliphatic rings. The number of nitrogens with two attached hydrogens (primary N) is 1. The quantitative estimate of drug-likeness (QED) is 0.876.